The Bertz CT molecular complexity index is 495. The van der Waals surface area contributed by atoms with E-state index in [0.717, 1.165) is 12.1 Å². The van der Waals surface area contributed by atoms with Gasteiger partial charge in [0.05, 0.1) is 13.2 Å². The maximum atomic E-state index is 12.1. The largest absolute Gasteiger partial charge is 0.379 e. The third-order valence-electron chi connectivity index (χ3n) is 2.89. The quantitative estimate of drug-likeness (QED) is 0.821. The molecule has 0 atom stereocenters. The maximum absolute atomic E-state index is 12.1. The maximum Gasteiger partial charge on any atom is 0.301 e. The van der Waals surface area contributed by atoms with Crippen LogP contribution >= 0.6 is 0 Å². The molecule has 1 aliphatic heterocycles. The van der Waals surface area contributed by atoms with E-state index in [9.17, 15) is 8.42 Å². The number of hydrogen-bond donors (Lipinski definition) is 2. The van der Waals surface area contributed by atoms with E-state index < -0.39 is 10.2 Å². The van der Waals surface area contributed by atoms with Gasteiger partial charge in [0.1, 0.15) is 0 Å². The van der Waals surface area contributed by atoms with Crippen LogP contribution < -0.4 is 10.0 Å². The molecule has 0 bridgehead atoms. The Morgan fingerprint density at radius 2 is 1.84 bits per heavy atom. The highest BCUT2D eigenvalue weighted by atomic mass is 32.2. The molecule has 0 unspecified atom stereocenters. The van der Waals surface area contributed by atoms with Crippen molar-refractivity contribution in [2.75, 3.05) is 38.1 Å². The van der Waals surface area contributed by atoms with E-state index >= 15 is 0 Å². The zero-order valence-corrected chi connectivity index (χ0v) is 11.7. The fourth-order valence-corrected chi connectivity index (χ4v) is 3.09. The number of anilines is 1. The Labute approximate surface area is 113 Å². The lowest BCUT2D eigenvalue weighted by atomic mass is 10.2. The highest BCUT2D eigenvalue weighted by molar-refractivity contribution is 7.90. The molecule has 0 aliphatic carbocycles. The Balaban J connectivity index is 2.02. The molecule has 1 aromatic carbocycles. The van der Waals surface area contributed by atoms with Gasteiger partial charge in [0, 0.05) is 25.3 Å². The Hall–Kier alpha value is -1.15. The lowest BCUT2D eigenvalue weighted by Gasteiger charge is -2.26. The number of morpholine rings is 1. The number of ether oxygens (including phenoxy) is 1. The van der Waals surface area contributed by atoms with Crippen LogP contribution in [-0.2, 0) is 21.5 Å². The first-order valence-electron chi connectivity index (χ1n) is 6.21. The third-order valence-corrected chi connectivity index (χ3v) is 4.43. The molecule has 2 N–H and O–H groups in total. The summed E-state index contributed by atoms with van der Waals surface area (Å²) in [6, 6.07) is 7.33. The second-order valence-corrected chi connectivity index (χ2v) is 6.02. The van der Waals surface area contributed by atoms with Crippen molar-refractivity contribution in [3.63, 3.8) is 0 Å². The second kappa shape index (κ2) is 6.33. The van der Waals surface area contributed by atoms with Crippen LogP contribution in [0, 0.1) is 0 Å². The van der Waals surface area contributed by atoms with E-state index in [0.29, 0.717) is 32.0 Å². The Morgan fingerprint density at radius 1 is 1.21 bits per heavy atom. The molecular formula is C12H19N3O3S. The van der Waals surface area contributed by atoms with Crippen molar-refractivity contribution < 1.29 is 13.2 Å². The first-order valence-corrected chi connectivity index (χ1v) is 7.65. The summed E-state index contributed by atoms with van der Waals surface area (Å²) in [5, 5.41) is 3.04. The normalized spacial score (nSPS) is 17.3. The van der Waals surface area contributed by atoms with Gasteiger partial charge in [-0.05, 0) is 24.7 Å². The molecule has 1 heterocycles. The third kappa shape index (κ3) is 3.90. The molecule has 7 heteroatoms. The Morgan fingerprint density at radius 3 is 2.42 bits per heavy atom. The second-order valence-electron chi connectivity index (χ2n) is 4.35. The van der Waals surface area contributed by atoms with Gasteiger partial charge >= 0.3 is 10.2 Å². The van der Waals surface area contributed by atoms with Crippen molar-refractivity contribution in [3.05, 3.63) is 29.8 Å². The van der Waals surface area contributed by atoms with Crippen molar-refractivity contribution in [2.45, 2.75) is 6.54 Å². The SMILES string of the molecule is CNCc1ccc(NS(=O)(=O)N2CCOCC2)cc1. The summed E-state index contributed by atoms with van der Waals surface area (Å²) in [5.74, 6) is 0. The average Bonchev–Trinajstić information content (AvgIpc) is 2.42. The molecule has 0 radical (unpaired) electrons. The smallest absolute Gasteiger partial charge is 0.301 e. The molecular weight excluding hydrogens is 266 g/mol. The van der Waals surface area contributed by atoms with Crippen molar-refractivity contribution in [1.82, 2.24) is 9.62 Å². The van der Waals surface area contributed by atoms with Gasteiger partial charge in [0.15, 0.2) is 0 Å². The first kappa shape index (κ1) is 14.3. The molecule has 1 aromatic rings. The van der Waals surface area contributed by atoms with Crippen LogP contribution in [0.5, 0.6) is 0 Å². The molecule has 1 saturated heterocycles. The number of nitrogens with one attached hydrogen (secondary N) is 2. The summed E-state index contributed by atoms with van der Waals surface area (Å²) >= 11 is 0. The van der Waals surface area contributed by atoms with E-state index in [1.807, 2.05) is 19.2 Å². The fourth-order valence-electron chi connectivity index (χ4n) is 1.90. The van der Waals surface area contributed by atoms with Crippen LogP contribution in [0.1, 0.15) is 5.56 Å². The van der Waals surface area contributed by atoms with Gasteiger partial charge in [-0.25, -0.2) is 0 Å². The van der Waals surface area contributed by atoms with Gasteiger partial charge in [-0.1, -0.05) is 12.1 Å². The van der Waals surface area contributed by atoms with Crippen LogP contribution in [0.25, 0.3) is 0 Å². The van der Waals surface area contributed by atoms with Gasteiger partial charge in [-0.2, -0.15) is 12.7 Å². The molecule has 0 amide bonds. The van der Waals surface area contributed by atoms with Crippen LogP contribution in [0.2, 0.25) is 0 Å². The van der Waals surface area contributed by atoms with Crippen molar-refractivity contribution in [3.8, 4) is 0 Å². The van der Waals surface area contributed by atoms with Gasteiger partial charge in [-0.15, -0.1) is 0 Å². The molecule has 19 heavy (non-hydrogen) atoms. The number of hydrogen-bond acceptors (Lipinski definition) is 4. The van der Waals surface area contributed by atoms with Gasteiger partial charge in [-0.3, -0.25) is 4.72 Å². The number of benzene rings is 1. The molecule has 0 spiro atoms. The molecule has 106 valence electrons. The standard InChI is InChI=1S/C12H19N3O3S/c1-13-10-11-2-4-12(5-3-11)14-19(16,17)15-6-8-18-9-7-15/h2-5,13-14H,6-10H2,1H3. The summed E-state index contributed by atoms with van der Waals surface area (Å²) in [5.41, 5.74) is 1.68. The monoisotopic (exact) mass is 285 g/mol. The first-order chi connectivity index (χ1) is 9.12. The molecule has 2 rings (SSSR count). The number of nitrogens with zero attached hydrogens (tertiary/aromatic N) is 1. The molecule has 1 fully saturated rings. The summed E-state index contributed by atoms with van der Waals surface area (Å²) in [4.78, 5) is 0. The van der Waals surface area contributed by atoms with E-state index in [4.69, 9.17) is 4.74 Å². The predicted molar refractivity (Wildman–Crippen MR) is 74.1 cm³/mol. The summed E-state index contributed by atoms with van der Waals surface area (Å²) in [6.07, 6.45) is 0. The van der Waals surface area contributed by atoms with Crippen LogP contribution in [0.3, 0.4) is 0 Å². The Kier molecular flexibility index (Phi) is 4.76. The van der Waals surface area contributed by atoms with E-state index in [1.165, 1.54) is 4.31 Å². The molecule has 6 nitrogen and oxygen atoms in total. The highest BCUT2D eigenvalue weighted by Crippen LogP contribution is 2.14. The molecule has 0 aromatic heterocycles. The van der Waals surface area contributed by atoms with Crippen molar-refractivity contribution in [1.29, 1.82) is 0 Å². The highest BCUT2D eigenvalue weighted by Gasteiger charge is 2.23. The van der Waals surface area contributed by atoms with Gasteiger partial charge in [0.2, 0.25) is 0 Å². The molecule has 1 aliphatic rings. The van der Waals surface area contributed by atoms with E-state index in [1.54, 1.807) is 12.1 Å². The summed E-state index contributed by atoms with van der Waals surface area (Å²) < 4.78 is 33.4. The zero-order chi connectivity index (χ0) is 13.7. The van der Waals surface area contributed by atoms with Crippen LogP contribution in [0.4, 0.5) is 5.69 Å². The van der Waals surface area contributed by atoms with Crippen LogP contribution in [0.15, 0.2) is 24.3 Å². The lowest BCUT2D eigenvalue weighted by molar-refractivity contribution is 0.0733. The summed E-state index contributed by atoms with van der Waals surface area (Å²) in [6.45, 7) is 2.45. The van der Waals surface area contributed by atoms with Crippen LogP contribution in [-0.4, -0.2) is 46.1 Å². The lowest BCUT2D eigenvalue weighted by Crippen LogP contribution is -2.43. The summed E-state index contributed by atoms with van der Waals surface area (Å²) in [7, 11) is -1.60. The minimum Gasteiger partial charge on any atom is -0.379 e. The van der Waals surface area contributed by atoms with E-state index in [2.05, 4.69) is 10.0 Å². The van der Waals surface area contributed by atoms with Crippen molar-refractivity contribution >= 4 is 15.9 Å². The molecule has 0 saturated carbocycles. The predicted octanol–water partition coefficient (Wildman–Crippen LogP) is 0.395. The minimum absolute atomic E-state index is 0.396. The van der Waals surface area contributed by atoms with E-state index in [-0.39, 0.29) is 0 Å². The minimum atomic E-state index is -3.47. The number of rotatable bonds is 5. The average molecular weight is 285 g/mol. The van der Waals surface area contributed by atoms with Gasteiger partial charge in [0.25, 0.3) is 0 Å². The van der Waals surface area contributed by atoms with Gasteiger partial charge < -0.3 is 10.1 Å². The van der Waals surface area contributed by atoms with Crippen molar-refractivity contribution in [2.24, 2.45) is 0 Å². The topological polar surface area (TPSA) is 70.7 Å². The zero-order valence-electron chi connectivity index (χ0n) is 10.9. The fraction of sp³-hybridized carbons (Fsp3) is 0.500.